The van der Waals surface area contributed by atoms with Gasteiger partial charge in [-0.2, -0.15) is 12.6 Å². The minimum atomic E-state index is -1.34. The molecule has 4 amide bonds. The van der Waals surface area contributed by atoms with Gasteiger partial charge in [0.2, 0.25) is 23.6 Å². The molecule has 0 saturated heterocycles. The molecule has 0 radical (unpaired) electrons. The number of phenolic OH excluding ortho intramolecular Hbond substituents is 1. The third kappa shape index (κ3) is 9.66. The molecule has 0 aliphatic rings. The number of aliphatic carboxylic acids is 1. The first-order valence-electron chi connectivity index (χ1n) is 9.56. The van der Waals surface area contributed by atoms with Crippen LogP contribution in [0, 0.1) is 0 Å². The Bertz CT molecular complexity index is 834. The van der Waals surface area contributed by atoms with Crippen molar-refractivity contribution in [2.75, 3.05) is 12.3 Å². The standard InChI is InChI=1S/C19H27N5O7S/c20-12(9-32)17(28)22-8-16(27)23-13(5-6-15(21)26)18(29)24-14(19(30)31)7-10-1-3-11(25)4-2-10/h1-4,12-14,25,32H,5-9,20H2,(H2,21,26)(H,22,28)(H,23,27)(H,24,29)(H,30,31). The quantitative estimate of drug-likeness (QED) is 0.146. The van der Waals surface area contributed by atoms with Gasteiger partial charge in [-0.3, -0.25) is 19.2 Å². The average Bonchev–Trinajstić information content (AvgIpc) is 2.74. The number of rotatable bonds is 13. The zero-order valence-corrected chi connectivity index (χ0v) is 18.0. The van der Waals surface area contributed by atoms with Gasteiger partial charge >= 0.3 is 5.97 Å². The van der Waals surface area contributed by atoms with Gasteiger partial charge in [-0.25, -0.2) is 4.79 Å². The van der Waals surface area contributed by atoms with Crippen LogP contribution in [0.3, 0.4) is 0 Å². The Morgan fingerprint density at radius 3 is 2.16 bits per heavy atom. The number of aromatic hydroxyl groups is 1. The van der Waals surface area contributed by atoms with E-state index in [1.165, 1.54) is 24.3 Å². The van der Waals surface area contributed by atoms with Gasteiger partial charge in [0.05, 0.1) is 12.6 Å². The third-order valence-electron chi connectivity index (χ3n) is 4.28. The normalized spacial score (nSPS) is 13.3. The number of phenols is 1. The number of carboxylic acids is 1. The number of nitrogens with two attached hydrogens (primary N) is 2. The van der Waals surface area contributed by atoms with E-state index in [-0.39, 0.29) is 30.8 Å². The average molecular weight is 470 g/mol. The largest absolute Gasteiger partial charge is 0.508 e. The number of amides is 4. The fourth-order valence-electron chi connectivity index (χ4n) is 2.52. The summed E-state index contributed by atoms with van der Waals surface area (Å²) < 4.78 is 0. The summed E-state index contributed by atoms with van der Waals surface area (Å²) >= 11 is 3.87. The fourth-order valence-corrected chi connectivity index (χ4v) is 2.69. The molecule has 1 rings (SSSR count). The molecule has 0 fully saturated rings. The number of primary amides is 1. The lowest BCUT2D eigenvalue weighted by Crippen LogP contribution is -2.54. The first kappa shape index (κ1) is 26.7. The van der Waals surface area contributed by atoms with Crippen molar-refractivity contribution < 1.29 is 34.2 Å². The molecule has 0 aromatic heterocycles. The molecule has 176 valence electrons. The fraction of sp³-hybridized carbons (Fsp3) is 0.421. The highest BCUT2D eigenvalue weighted by molar-refractivity contribution is 7.80. The number of hydrogen-bond acceptors (Lipinski definition) is 8. The molecular formula is C19H27N5O7S. The van der Waals surface area contributed by atoms with Gasteiger partial charge in [0.1, 0.15) is 17.8 Å². The summed E-state index contributed by atoms with van der Waals surface area (Å²) in [6.07, 6.45) is -0.511. The van der Waals surface area contributed by atoms with Crippen LogP contribution >= 0.6 is 12.6 Å². The lowest BCUT2D eigenvalue weighted by Gasteiger charge is -2.21. The van der Waals surface area contributed by atoms with Gasteiger partial charge in [0, 0.05) is 18.6 Å². The second kappa shape index (κ2) is 13.2. The van der Waals surface area contributed by atoms with E-state index in [9.17, 15) is 34.2 Å². The summed E-state index contributed by atoms with van der Waals surface area (Å²) in [5, 5.41) is 25.7. The van der Waals surface area contributed by atoms with Crippen molar-refractivity contribution in [1.82, 2.24) is 16.0 Å². The first-order chi connectivity index (χ1) is 15.0. The number of hydrogen-bond donors (Lipinski definition) is 8. The van der Waals surface area contributed by atoms with Crippen LogP contribution in [0.15, 0.2) is 24.3 Å². The Morgan fingerprint density at radius 1 is 1.00 bits per heavy atom. The molecule has 1 aromatic rings. The summed E-state index contributed by atoms with van der Waals surface area (Å²) in [4.78, 5) is 59.1. The zero-order chi connectivity index (χ0) is 24.3. The molecule has 0 aliphatic heterocycles. The molecule has 32 heavy (non-hydrogen) atoms. The van der Waals surface area contributed by atoms with Crippen LogP contribution in [0.25, 0.3) is 0 Å². The Balaban J connectivity index is 2.81. The molecule has 0 saturated carbocycles. The van der Waals surface area contributed by atoms with E-state index in [2.05, 4.69) is 28.6 Å². The second-order valence-electron chi connectivity index (χ2n) is 6.90. The van der Waals surface area contributed by atoms with E-state index in [1.807, 2.05) is 0 Å². The Morgan fingerprint density at radius 2 is 1.62 bits per heavy atom. The monoisotopic (exact) mass is 469 g/mol. The van der Waals surface area contributed by atoms with E-state index in [0.717, 1.165) is 0 Å². The third-order valence-corrected chi connectivity index (χ3v) is 4.67. The summed E-state index contributed by atoms with van der Waals surface area (Å²) in [5.41, 5.74) is 11.1. The van der Waals surface area contributed by atoms with Crippen molar-refractivity contribution in [3.8, 4) is 5.75 Å². The van der Waals surface area contributed by atoms with Crippen LogP contribution in [-0.4, -0.2) is 70.2 Å². The SMILES string of the molecule is NC(=O)CCC(NC(=O)CNC(=O)C(N)CS)C(=O)NC(Cc1ccc(O)cc1)C(=O)O. The van der Waals surface area contributed by atoms with Crippen LogP contribution in [0.2, 0.25) is 0 Å². The van der Waals surface area contributed by atoms with E-state index in [0.29, 0.717) is 5.56 Å². The summed E-state index contributed by atoms with van der Waals surface area (Å²) in [7, 11) is 0. The van der Waals surface area contributed by atoms with E-state index < -0.39 is 54.3 Å². The summed E-state index contributed by atoms with van der Waals surface area (Å²) in [6.45, 7) is -0.490. The maximum Gasteiger partial charge on any atom is 0.326 e. The van der Waals surface area contributed by atoms with Crippen molar-refractivity contribution in [2.45, 2.75) is 37.4 Å². The summed E-state index contributed by atoms with van der Waals surface area (Å²) in [6, 6.07) is 2.22. The van der Waals surface area contributed by atoms with E-state index in [1.54, 1.807) is 0 Å². The number of carbonyl (C=O) groups excluding carboxylic acids is 4. The van der Waals surface area contributed by atoms with Gasteiger partial charge < -0.3 is 37.6 Å². The van der Waals surface area contributed by atoms with Gasteiger partial charge in [-0.05, 0) is 24.1 Å². The molecule has 0 bridgehead atoms. The molecule has 1 aromatic carbocycles. The van der Waals surface area contributed by atoms with E-state index in [4.69, 9.17) is 11.5 Å². The summed E-state index contributed by atoms with van der Waals surface area (Å²) in [5.74, 6) is -4.18. The molecule has 0 aliphatic carbocycles. The number of carboxylic acid groups (broad SMARTS) is 1. The number of nitrogens with one attached hydrogen (secondary N) is 3. The Kier molecular flexibility index (Phi) is 11.0. The first-order valence-corrected chi connectivity index (χ1v) is 10.2. The Labute approximate surface area is 189 Å². The van der Waals surface area contributed by atoms with Gasteiger partial charge in [0.15, 0.2) is 0 Å². The molecule has 13 heteroatoms. The molecular weight excluding hydrogens is 442 g/mol. The number of thiol groups is 1. The molecule has 0 spiro atoms. The molecule has 0 heterocycles. The maximum absolute atomic E-state index is 12.6. The molecule has 3 atom stereocenters. The van der Waals surface area contributed by atoms with Crippen LogP contribution in [0.5, 0.6) is 5.75 Å². The van der Waals surface area contributed by atoms with Crippen molar-refractivity contribution in [1.29, 1.82) is 0 Å². The molecule has 9 N–H and O–H groups in total. The second-order valence-corrected chi connectivity index (χ2v) is 7.27. The molecule has 12 nitrogen and oxygen atoms in total. The zero-order valence-electron chi connectivity index (χ0n) is 17.1. The lowest BCUT2D eigenvalue weighted by molar-refractivity contribution is -0.142. The van der Waals surface area contributed by atoms with Crippen molar-refractivity contribution in [3.63, 3.8) is 0 Å². The van der Waals surface area contributed by atoms with Crippen molar-refractivity contribution in [2.24, 2.45) is 11.5 Å². The predicted octanol–water partition coefficient (Wildman–Crippen LogP) is -2.37. The van der Waals surface area contributed by atoms with Crippen LogP contribution in [-0.2, 0) is 30.4 Å². The van der Waals surface area contributed by atoms with Gasteiger partial charge in [0.25, 0.3) is 0 Å². The highest BCUT2D eigenvalue weighted by Gasteiger charge is 2.27. The lowest BCUT2D eigenvalue weighted by atomic mass is 10.0. The minimum absolute atomic E-state index is 0.00121. The van der Waals surface area contributed by atoms with Gasteiger partial charge in [-0.1, -0.05) is 12.1 Å². The minimum Gasteiger partial charge on any atom is -0.508 e. The molecule has 3 unspecified atom stereocenters. The highest BCUT2D eigenvalue weighted by atomic mass is 32.1. The van der Waals surface area contributed by atoms with Crippen LogP contribution < -0.4 is 27.4 Å². The van der Waals surface area contributed by atoms with E-state index >= 15 is 0 Å². The topological polar surface area (TPSA) is 214 Å². The Hall–Kier alpha value is -3.32. The highest BCUT2D eigenvalue weighted by Crippen LogP contribution is 2.12. The smallest absolute Gasteiger partial charge is 0.326 e. The number of benzene rings is 1. The number of carbonyl (C=O) groups is 5. The maximum atomic E-state index is 12.6. The van der Waals surface area contributed by atoms with Crippen molar-refractivity contribution >= 4 is 42.2 Å². The van der Waals surface area contributed by atoms with Crippen LogP contribution in [0.1, 0.15) is 18.4 Å². The predicted molar refractivity (Wildman–Crippen MR) is 117 cm³/mol. The van der Waals surface area contributed by atoms with Gasteiger partial charge in [-0.15, -0.1) is 0 Å². The van der Waals surface area contributed by atoms with Crippen LogP contribution in [0.4, 0.5) is 0 Å². The van der Waals surface area contributed by atoms with Crippen molar-refractivity contribution in [3.05, 3.63) is 29.8 Å².